The predicted octanol–water partition coefficient (Wildman–Crippen LogP) is 0.823. The van der Waals surface area contributed by atoms with E-state index in [2.05, 4.69) is 0 Å². The second kappa shape index (κ2) is 6.18. The summed E-state index contributed by atoms with van der Waals surface area (Å²) in [4.78, 5) is 10.9. The first kappa shape index (κ1) is 16.0. The minimum absolute atomic E-state index is 0.0145. The summed E-state index contributed by atoms with van der Waals surface area (Å²) >= 11 is 5.93. The molecule has 1 atom stereocenters. The molecule has 7 nitrogen and oxygen atoms in total. The number of benzene rings is 1. The number of sulfonamides is 1. The van der Waals surface area contributed by atoms with Crippen molar-refractivity contribution in [3.63, 3.8) is 0 Å². The highest BCUT2D eigenvalue weighted by Crippen LogP contribution is 2.28. The minimum atomic E-state index is -3.83. The molecular formula is C12H14ClNO6S. The van der Waals surface area contributed by atoms with Crippen LogP contribution in [0.1, 0.15) is 0 Å². The van der Waals surface area contributed by atoms with E-state index < -0.39 is 22.1 Å². The molecule has 1 aromatic carbocycles. The average molecular weight is 336 g/mol. The Labute approximate surface area is 127 Å². The van der Waals surface area contributed by atoms with Crippen molar-refractivity contribution in [3.8, 4) is 5.75 Å². The quantitative estimate of drug-likeness (QED) is 0.875. The van der Waals surface area contributed by atoms with E-state index >= 15 is 0 Å². The summed E-state index contributed by atoms with van der Waals surface area (Å²) in [6.45, 7) is -0.114. The zero-order valence-corrected chi connectivity index (χ0v) is 12.7. The van der Waals surface area contributed by atoms with Gasteiger partial charge in [0.15, 0.2) is 6.10 Å². The number of carbonyl (C=O) groups is 1. The summed E-state index contributed by atoms with van der Waals surface area (Å²) < 4.78 is 36.0. The van der Waals surface area contributed by atoms with Crippen LogP contribution in [0.4, 0.5) is 0 Å². The third kappa shape index (κ3) is 3.29. The third-order valence-corrected chi connectivity index (χ3v) is 5.22. The van der Waals surface area contributed by atoms with E-state index in [0.717, 1.165) is 4.31 Å². The molecule has 0 spiro atoms. The van der Waals surface area contributed by atoms with Crippen LogP contribution in [0, 0.1) is 0 Å². The zero-order chi connectivity index (χ0) is 15.6. The summed E-state index contributed by atoms with van der Waals surface area (Å²) in [6, 6.07) is 4.09. The van der Waals surface area contributed by atoms with E-state index in [4.69, 9.17) is 26.2 Å². The maximum absolute atomic E-state index is 12.5. The van der Waals surface area contributed by atoms with Gasteiger partial charge < -0.3 is 14.6 Å². The lowest BCUT2D eigenvalue weighted by molar-refractivity contribution is -0.153. The molecule has 21 heavy (non-hydrogen) atoms. The molecule has 0 aliphatic carbocycles. The Morgan fingerprint density at radius 2 is 2.24 bits per heavy atom. The molecule has 1 fully saturated rings. The molecule has 1 aliphatic rings. The number of halogens is 1. The van der Waals surface area contributed by atoms with E-state index in [9.17, 15) is 13.2 Å². The van der Waals surface area contributed by atoms with Gasteiger partial charge in [0.1, 0.15) is 5.75 Å². The summed E-state index contributed by atoms with van der Waals surface area (Å²) in [7, 11) is -2.40. The lowest BCUT2D eigenvalue weighted by atomic mass is 10.3. The molecule has 1 aromatic rings. The van der Waals surface area contributed by atoms with Gasteiger partial charge in [0.05, 0.1) is 30.2 Å². The number of morpholine rings is 1. The number of aliphatic carboxylic acids is 1. The van der Waals surface area contributed by atoms with E-state index in [1.807, 2.05) is 0 Å². The third-order valence-electron chi connectivity index (χ3n) is 3.07. The highest BCUT2D eigenvalue weighted by atomic mass is 35.5. The summed E-state index contributed by atoms with van der Waals surface area (Å²) in [6.07, 6.45) is -1.16. The van der Waals surface area contributed by atoms with Gasteiger partial charge in [0.2, 0.25) is 10.0 Å². The van der Waals surface area contributed by atoms with Crippen molar-refractivity contribution in [2.45, 2.75) is 11.0 Å². The molecule has 0 saturated carbocycles. The van der Waals surface area contributed by atoms with E-state index in [-0.39, 0.29) is 29.6 Å². The van der Waals surface area contributed by atoms with Gasteiger partial charge in [-0.1, -0.05) is 11.6 Å². The topological polar surface area (TPSA) is 93.1 Å². The molecule has 0 radical (unpaired) electrons. The van der Waals surface area contributed by atoms with Crippen LogP contribution in [0.15, 0.2) is 23.1 Å². The second-order valence-electron chi connectivity index (χ2n) is 4.36. The average Bonchev–Trinajstić information content (AvgIpc) is 2.47. The molecule has 2 rings (SSSR count). The van der Waals surface area contributed by atoms with Gasteiger partial charge in [-0.05, 0) is 18.2 Å². The molecule has 1 N–H and O–H groups in total. The van der Waals surface area contributed by atoms with Crippen LogP contribution in [-0.2, 0) is 19.6 Å². The molecule has 9 heteroatoms. The fourth-order valence-electron chi connectivity index (χ4n) is 1.95. The Morgan fingerprint density at radius 1 is 1.52 bits per heavy atom. The highest BCUT2D eigenvalue weighted by molar-refractivity contribution is 7.89. The molecular weight excluding hydrogens is 322 g/mol. The molecule has 1 heterocycles. The van der Waals surface area contributed by atoms with Crippen molar-refractivity contribution in [2.24, 2.45) is 0 Å². The first-order valence-corrected chi connectivity index (χ1v) is 7.86. The number of carboxylic acid groups (broad SMARTS) is 1. The minimum Gasteiger partial charge on any atom is -0.495 e. The van der Waals surface area contributed by atoms with Crippen molar-refractivity contribution in [3.05, 3.63) is 23.2 Å². The largest absolute Gasteiger partial charge is 0.495 e. The molecule has 1 unspecified atom stereocenters. The summed E-state index contributed by atoms with van der Waals surface area (Å²) in [5, 5.41) is 9.09. The Kier molecular flexibility index (Phi) is 4.72. The second-order valence-corrected chi connectivity index (χ2v) is 6.70. The number of hydrogen-bond acceptors (Lipinski definition) is 5. The van der Waals surface area contributed by atoms with E-state index in [1.54, 1.807) is 0 Å². The number of methoxy groups -OCH3 is 1. The number of nitrogens with zero attached hydrogens (tertiary/aromatic N) is 1. The Bertz CT molecular complexity index is 647. The summed E-state index contributed by atoms with van der Waals surface area (Å²) in [5.74, 6) is -0.830. The number of rotatable bonds is 4. The fraction of sp³-hybridized carbons (Fsp3) is 0.417. The molecule has 0 bridgehead atoms. The monoisotopic (exact) mass is 335 g/mol. The standard InChI is InChI=1S/C12H14ClNO6S/c1-19-10-3-2-8(6-9(10)13)21(17,18)14-4-5-20-11(7-14)12(15)16/h2-3,6,11H,4-5,7H2,1H3,(H,15,16). The first-order valence-electron chi connectivity index (χ1n) is 6.04. The molecule has 0 aromatic heterocycles. The SMILES string of the molecule is COc1ccc(S(=O)(=O)N2CCOC(C(=O)O)C2)cc1Cl. The van der Waals surface area contributed by atoms with E-state index in [1.165, 1.54) is 25.3 Å². The maximum Gasteiger partial charge on any atom is 0.334 e. The van der Waals surface area contributed by atoms with Crippen molar-refractivity contribution < 1.29 is 27.8 Å². The van der Waals surface area contributed by atoms with E-state index in [0.29, 0.717) is 5.75 Å². The van der Waals surface area contributed by atoms with Crippen LogP contribution in [0.3, 0.4) is 0 Å². The van der Waals surface area contributed by atoms with Gasteiger partial charge in [-0.2, -0.15) is 4.31 Å². The molecule has 116 valence electrons. The van der Waals surface area contributed by atoms with Gasteiger partial charge in [-0.15, -0.1) is 0 Å². The van der Waals surface area contributed by atoms with Crippen molar-refractivity contribution in [1.82, 2.24) is 4.31 Å². The molecule has 1 saturated heterocycles. The first-order chi connectivity index (χ1) is 9.86. The van der Waals surface area contributed by atoms with Gasteiger partial charge in [-0.25, -0.2) is 13.2 Å². The normalized spacial score (nSPS) is 20.2. The highest BCUT2D eigenvalue weighted by Gasteiger charge is 2.34. The van der Waals surface area contributed by atoms with Crippen LogP contribution in [0.2, 0.25) is 5.02 Å². The lowest BCUT2D eigenvalue weighted by Crippen LogP contribution is -2.48. The van der Waals surface area contributed by atoms with Crippen LogP contribution >= 0.6 is 11.6 Å². The molecule has 0 amide bonds. The Balaban J connectivity index is 2.29. The number of ether oxygens (including phenoxy) is 2. The van der Waals surface area contributed by atoms with Crippen LogP contribution in [0.25, 0.3) is 0 Å². The van der Waals surface area contributed by atoms with Crippen LogP contribution in [0.5, 0.6) is 5.75 Å². The van der Waals surface area contributed by atoms with Crippen molar-refractivity contribution in [2.75, 3.05) is 26.8 Å². The van der Waals surface area contributed by atoms with Crippen molar-refractivity contribution in [1.29, 1.82) is 0 Å². The number of carboxylic acids is 1. The van der Waals surface area contributed by atoms with Gasteiger partial charge in [0.25, 0.3) is 0 Å². The maximum atomic E-state index is 12.5. The smallest absolute Gasteiger partial charge is 0.334 e. The van der Waals surface area contributed by atoms with Crippen LogP contribution < -0.4 is 4.74 Å². The zero-order valence-electron chi connectivity index (χ0n) is 11.2. The van der Waals surface area contributed by atoms with Gasteiger partial charge in [0, 0.05) is 6.54 Å². The van der Waals surface area contributed by atoms with Crippen molar-refractivity contribution >= 4 is 27.6 Å². The molecule has 1 aliphatic heterocycles. The fourth-order valence-corrected chi connectivity index (χ4v) is 3.72. The Morgan fingerprint density at radius 3 is 2.81 bits per heavy atom. The predicted molar refractivity (Wildman–Crippen MR) is 74.1 cm³/mol. The Hall–Kier alpha value is -1.35. The number of hydrogen-bond donors (Lipinski definition) is 1. The van der Waals surface area contributed by atoms with Crippen LogP contribution in [-0.4, -0.2) is 56.7 Å². The van der Waals surface area contributed by atoms with Gasteiger partial charge in [-0.3, -0.25) is 0 Å². The lowest BCUT2D eigenvalue weighted by Gasteiger charge is -2.30. The summed E-state index contributed by atoms with van der Waals surface area (Å²) in [5.41, 5.74) is 0. The van der Waals surface area contributed by atoms with Gasteiger partial charge >= 0.3 is 5.97 Å².